The van der Waals surface area contributed by atoms with Crippen LogP contribution >= 0.6 is 11.8 Å². The molecule has 3 aliphatic heterocycles. The Morgan fingerprint density at radius 3 is 2.07 bits per heavy atom. The number of anilines is 2. The first-order chi connectivity index (χ1) is 31.5. The Kier molecular flexibility index (Phi) is 14.1. The van der Waals surface area contributed by atoms with Crippen molar-refractivity contribution in [2.75, 3.05) is 23.3 Å². The first-order valence-corrected chi connectivity index (χ1v) is 25.9. The Balaban J connectivity index is 1.18. The quantitative estimate of drug-likeness (QED) is 0.0741. The molecule has 0 aromatic heterocycles. The predicted molar refractivity (Wildman–Crippen MR) is 255 cm³/mol. The number of carbonyl (C=O) groups excluding carboxylic acids is 4. The van der Waals surface area contributed by atoms with Gasteiger partial charge in [-0.2, -0.15) is 21.4 Å². The lowest BCUT2D eigenvalue weighted by molar-refractivity contribution is -0.433. The first-order valence-electron chi connectivity index (χ1n) is 22.2. The van der Waals surface area contributed by atoms with Crippen LogP contribution in [0.15, 0.2) is 121 Å². The summed E-state index contributed by atoms with van der Waals surface area (Å²) in [5, 5.41) is 3.35. The second-order valence-electron chi connectivity index (χ2n) is 17.8. The molecule has 3 heterocycles. The Bertz CT molecular complexity index is 2930. The van der Waals surface area contributed by atoms with Gasteiger partial charge < -0.3 is 15.1 Å². The summed E-state index contributed by atoms with van der Waals surface area (Å²) >= 11 is 1.59. The summed E-state index contributed by atoms with van der Waals surface area (Å²) in [5.74, 6) is -2.22. The molecular formula is C49H55N4O11S3+. The van der Waals surface area contributed by atoms with E-state index in [9.17, 15) is 45.1 Å². The fraction of sp³-hybridized carbons (Fsp3) is 0.367. The highest BCUT2D eigenvalue weighted by atomic mass is 32.2. The maximum atomic E-state index is 12.8. The third-order valence-electron chi connectivity index (χ3n) is 12.7. The minimum atomic E-state index is -4.42. The molecule has 3 aromatic rings. The number of fused-ring (bicyclic) bond motifs is 2. The second-order valence-corrected chi connectivity index (χ2v) is 21.7. The Hall–Kier alpha value is -5.66. The van der Waals surface area contributed by atoms with Crippen molar-refractivity contribution in [2.24, 2.45) is 0 Å². The lowest BCUT2D eigenvalue weighted by Crippen LogP contribution is -2.32. The Labute approximate surface area is 395 Å². The fourth-order valence-corrected chi connectivity index (χ4v) is 11.3. The molecule has 3 amide bonds. The zero-order valence-electron chi connectivity index (χ0n) is 38.3. The minimum absolute atomic E-state index is 0.00579. The molecule has 3 aromatic carbocycles. The van der Waals surface area contributed by atoms with Crippen LogP contribution in [0.3, 0.4) is 0 Å². The van der Waals surface area contributed by atoms with Gasteiger partial charge in [-0.25, -0.2) is 4.79 Å². The maximum absolute atomic E-state index is 12.8. The van der Waals surface area contributed by atoms with E-state index < -0.39 is 48.8 Å². The molecule has 0 saturated carbocycles. The molecule has 354 valence electrons. The number of carbonyl (C=O) groups is 4. The third-order valence-corrected chi connectivity index (χ3v) is 15.6. The van der Waals surface area contributed by atoms with Gasteiger partial charge >= 0.3 is 5.97 Å². The van der Waals surface area contributed by atoms with Gasteiger partial charge in [-0.15, -0.1) is 5.06 Å². The summed E-state index contributed by atoms with van der Waals surface area (Å²) in [6.45, 7) is 13.4. The zero-order chi connectivity index (χ0) is 48.6. The number of benzene rings is 3. The van der Waals surface area contributed by atoms with E-state index in [1.165, 1.54) is 12.1 Å². The van der Waals surface area contributed by atoms with E-state index in [-0.39, 0.29) is 47.8 Å². The molecule has 0 unspecified atom stereocenters. The molecule has 18 heteroatoms. The number of hydrogen-bond acceptors (Lipinski definition) is 11. The smallest absolute Gasteiger partial charge is 0.333 e. The van der Waals surface area contributed by atoms with Crippen LogP contribution in [0.4, 0.5) is 17.1 Å². The SMILES string of the molecule is CCN1C(=CC=C2CCCC(C=CC3=[N+](CC)c4ccc(S(=O)(=O)O)cc4C3(C)C)=C2Sc2ccc(NC(=O)CCCC(=O)ON3C(=O)CCC3=O)cc2)C(C)(C)c2cc(S(=O)(=O)O)ccc21. The minimum Gasteiger partial charge on any atom is -0.344 e. The van der Waals surface area contributed by atoms with Crippen molar-refractivity contribution in [2.45, 2.75) is 118 Å². The summed E-state index contributed by atoms with van der Waals surface area (Å²) in [6.07, 6.45) is 10.9. The molecule has 0 atom stereocenters. The number of rotatable bonds is 15. The van der Waals surface area contributed by atoms with Crippen LogP contribution in [0.25, 0.3) is 0 Å². The van der Waals surface area contributed by atoms with Gasteiger partial charge in [-0.05, 0) is 131 Å². The van der Waals surface area contributed by atoms with Crippen LogP contribution < -0.4 is 10.2 Å². The molecule has 3 N–H and O–H groups in total. The van der Waals surface area contributed by atoms with Crippen molar-refractivity contribution in [3.05, 3.63) is 118 Å². The van der Waals surface area contributed by atoms with Crippen LogP contribution in [-0.2, 0) is 55.1 Å². The number of nitrogens with one attached hydrogen (secondary N) is 1. The fourth-order valence-electron chi connectivity index (χ4n) is 9.17. The van der Waals surface area contributed by atoms with Crippen molar-refractivity contribution in [1.29, 1.82) is 0 Å². The van der Waals surface area contributed by atoms with Crippen LogP contribution in [-0.4, -0.2) is 78.1 Å². The van der Waals surface area contributed by atoms with E-state index >= 15 is 0 Å². The first kappa shape index (κ1) is 49.3. The Morgan fingerprint density at radius 2 is 1.45 bits per heavy atom. The topological polar surface area (TPSA) is 208 Å². The van der Waals surface area contributed by atoms with Gasteiger partial charge in [0.2, 0.25) is 11.6 Å². The molecule has 1 saturated heterocycles. The number of thioether (sulfide) groups is 1. The Morgan fingerprint density at radius 1 is 0.806 bits per heavy atom. The molecule has 0 spiro atoms. The van der Waals surface area contributed by atoms with Gasteiger partial charge in [0.25, 0.3) is 32.1 Å². The highest BCUT2D eigenvalue weighted by Crippen LogP contribution is 2.49. The number of hydroxylamine groups is 2. The van der Waals surface area contributed by atoms with E-state index in [0.29, 0.717) is 23.8 Å². The molecule has 15 nitrogen and oxygen atoms in total. The van der Waals surface area contributed by atoms with E-state index in [0.717, 1.165) is 74.1 Å². The summed E-state index contributed by atoms with van der Waals surface area (Å²) < 4.78 is 70.5. The molecule has 67 heavy (non-hydrogen) atoms. The maximum Gasteiger partial charge on any atom is 0.333 e. The number of allylic oxidation sites excluding steroid dienone is 7. The van der Waals surface area contributed by atoms with Crippen LogP contribution in [0.5, 0.6) is 0 Å². The van der Waals surface area contributed by atoms with Gasteiger partial charge in [0.1, 0.15) is 6.54 Å². The number of imide groups is 1. The summed E-state index contributed by atoms with van der Waals surface area (Å²) in [6, 6.07) is 16.8. The lowest BCUT2D eigenvalue weighted by atomic mass is 9.81. The van der Waals surface area contributed by atoms with Gasteiger partial charge in [0.05, 0.1) is 15.2 Å². The second kappa shape index (κ2) is 19.1. The monoisotopic (exact) mass is 971 g/mol. The average molecular weight is 972 g/mol. The van der Waals surface area contributed by atoms with Crippen LogP contribution in [0, 0.1) is 0 Å². The van der Waals surface area contributed by atoms with Gasteiger partial charge in [0.15, 0.2) is 5.71 Å². The van der Waals surface area contributed by atoms with Gasteiger partial charge in [-0.3, -0.25) is 23.5 Å². The van der Waals surface area contributed by atoms with E-state index in [1.54, 1.807) is 48.2 Å². The highest BCUT2D eigenvalue weighted by molar-refractivity contribution is 8.03. The molecule has 0 bridgehead atoms. The van der Waals surface area contributed by atoms with Crippen molar-refractivity contribution in [3.63, 3.8) is 0 Å². The predicted octanol–water partition coefficient (Wildman–Crippen LogP) is 8.71. The van der Waals surface area contributed by atoms with Crippen molar-refractivity contribution in [3.8, 4) is 0 Å². The normalized spacial score (nSPS) is 19.3. The van der Waals surface area contributed by atoms with E-state index in [4.69, 9.17) is 4.84 Å². The lowest BCUT2D eigenvalue weighted by Gasteiger charge is -2.26. The third kappa shape index (κ3) is 10.3. The molecule has 0 radical (unpaired) electrons. The van der Waals surface area contributed by atoms with Crippen molar-refractivity contribution in [1.82, 2.24) is 5.06 Å². The van der Waals surface area contributed by atoms with Crippen molar-refractivity contribution < 1.29 is 54.5 Å². The molecule has 1 fully saturated rings. The summed E-state index contributed by atoms with van der Waals surface area (Å²) in [7, 11) is -8.83. The van der Waals surface area contributed by atoms with Crippen LogP contribution in [0.2, 0.25) is 0 Å². The molecule has 4 aliphatic rings. The highest BCUT2D eigenvalue weighted by Gasteiger charge is 2.45. The average Bonchev–Trinajstić information content (AvgIpc) is 3.79. The van der Waals surface area contributed by atoms with E-state index in [2.05, 4.69) is 39.1 Å². The van der Waals surface area contributed by atoms with E-state index in [1.807, 2.05) is 53.7 Å². The summed E-state index contributed by atoms with van der Waals surface area (Å²) in [4.78, 5) is 57.2. The standard InChI is InChI=1S/C49H54N4O11S3/c1-7-51-39-23-21-35(66(58,59)60)29-37(39)48(3,4)41(51)25-15-31-11-9-12-32(16-26-42-49(5,6)38-30-36(67(61,62)63)22-24-40(38)52(42)8-2)47(31)65-34-19-17-33(18-20-34)50-43(54)13-10-14-46(57)64-53-44(55)27-28-45(53)56/h15-26,29-30H,7-14,27-28H2,1-6H3,(H2-,50,54,58,59,60,61,62,63)/p+1. The van der Waals surface area contributed by atoms with Crippen LogP contribution in [0.1, 0.15) is 104 Å². The zero-order valence-corrected chi connectivity index (χ0v) is 40.7. The number of hydrogen-bond donors (Lipinski definition) is 3. The number of nitrogens with zero attached hydrogens (tertiary/aromatic N) is 3. The molecule has 1 aliphatic carbocycles. The van der Waals surface area contributed by atoms with Gasteiger partial charge in [0, 0.05) is 82.2 Å². The summed E-state index contributed by atoms with van der Waals surface area (Å²) in [5.41, 5.74) is 6.76. The number of amides is 3. The number of likely N-dealkylation sites (N-methyl/N-ethyl adjacent to an activating group) is 1. The largest absolute Gasteiger partial charge is 0.344 e. The van der Waals surface area contributed by atoms with Gasteiger partial charge in [-0.1, -0.05) is 37.8 Å². The molecular weight excluding hydrogens is 917 g/mol. The molecule has 7 rings (SSSR count). The van der Waals surface area contributed by atoms with Crippen molar-refractivity contribution >= 4 is 78.5 Å².